The molecule has 1 aliphatic rings. The summed E-state index contributed by atoms with van der Waals surface area (Å²) in [5.41, 5.74) is 1.32. The van der Waals surface area contributed by atoms with Crippen LogP contribution in [0.5, 0.6) is 5.75 Å². The number of hydrogen-bond donors (Lipinski definition) is 1. The first-order valence-corrected chi connectivity index (χ1v) is 6.85. The van der Waals surface area contributed by atoms with E-state index in [1.165, 1.54) is 31.5 Å². The molecule has 18 heavy (non-hydrogen) atoms. The second kappa shape index (κ2) is 6.76. The topological polar surface area (TPSA) is 24.5 Å². The monoisotopic (exact) mass is 248 g/mol. The second-order valence-corrected chi connectivity index (χ2v) is 4.97. The molecule has 1 heterocycles. The van der Waals surface area contributed by atoms with Gasteiger partial charge in [-0.05, 0) is 51.0 Å². The number of benzene rings is 1. The molecule has 2 rings (SSSR count). The van der Waals surface area contributed by atoms with E-state index in [2.05, 4.69) is 29.4 Å². The molecule has 0 aromatic heterocycles. The summed E-state index contributed by atoms with van der Waals surface area (Å²) in [4.78, 5) is 2.56. The minimum atomic E-state index is 0.715. The Labute approximate surface area is 110 Å². The van der Waals surface area contributed by atoms with Crippen molar-refractivity contribution in [1.29, 1.82) is 0 Å². The number of piperidine rings is 1. The zero-order chi connectivity index (χ0) is 12.8. The molecule has 0 atom stereocenters. The van der Waals surface area contributed by atoms with Gasteiger partial charge in [0.2, 0.25) is 0 Å². The van der Waals surface area contributed by atoms with E-state index in [0.717, 1.165) is 18.7 Å². The van der Waals surface area contributed by atoms with E-state index in [-0.39, 0.29) is 0 Å². The largest absolute Gasteiger partial charge is 0.496 e. The third kappa shape index (κ3) is 3.47. The second-order valence-electron chi connectivity index (χ2n) is 4.97. The molecule has 0 spiro atoms. The Morgan fingerprint density at radius 3 is 2.67 bits per heavy atom. The molecule has 1 aromatic rings. The first-order chi connectivity index (χ1) is 8.83. The summed E-state index contributed by atoms with van der Waals surface area (Å²) in [6.07, 6.45) is 3.61. The molecule has 1 fully saturated rings. The fourth-order valence-corrected chi connectivity index (χ4v) is 2.63. The average Bonchev–Trinajstić information content (AvgIpc) is 2.46. The lowest BCUT2D eigenvalue weighted by atomic mass is 10.0. The van der Waals surface area contributed by atoms with Crippen molar-refractivity contribution in [3.8, 4) is 5.75 Å². The lowest BCUT2D eigenvalue weighted by molar-refractivity contribution is 0.203. The van der Waals surface area contributed by atoms with Gasteiger partial charge in [0.25, 0.3) is 0 Å². The van der Waals surface area contributed by atoms with E-state index in [0.29, 0.717) is 6.04 Å². The minimum Gasteiger partial charge on any atom is -0.496 e. The smallest absolute Gasteiger partial charge is 0.122 e. The van der Waals surface area contributed by atoms with Gasteiger partial charge in [-0.1, -0.05) is 18.2 Å². The van der Waals surface area contributed by atoms with Crippen LogP contribution >= 0.6 is 0 Å². The van der Waals surface area contributed by atoms with Gasteiger partial charge in [-0.25, -0.2) is 0 Å². The minimum absolute atomic E-state index is 0.715. The zero-order valence-corrected chi connectivity index (χ0v) is 11.5. The Morgan fingerprint density at radius 1 is 1.28 bits per heavy atom. The fourth-order valence-electron chi connectivity index (χ4n) is 2.63. The van der Waals surface area contributed by atoms with Gasteiger partial charge in [0.1, 0.15) is 5.75 Å². The summed E-state index contributed by atoms with van der Waals surface area (Å²) >= 11 is 0. The third-order valence-electron chi connectivity index (χ3n) is 3.89. The van der Waals surface area contributed by atoms with E-state index in [4.69, 9.17) is 4.74 Å². The van der Waals surface area contributed by atoms with Crippen LogP contribution in [0.25, 0.3) is 0 Å². The quantitative estimate of drug-likeness (QED) is 0.861. The van der Waals surface area contributed by atoms with Crippen molar-refractivity contribution in [2.75, 3.05) is 33.8 Å². The summed E-state index contributed by atoms with van der Waals surface area (Å²) < 4.78 is 5.39. The van der Waals surface area contributed by atoms with Crippen LogP contribution in [0.2, 0.25) is 0 Å². The Balaban J connectivity index is 1.81. The Bertz CT molecular complexity index is 359. The lowest BCUT2D eigenvalue weighted by Crippen LogP contribution is -2.41. The molecule has 1 aromatic carbocycles. The van der Waals surface area contributed by atoms with Crippen molar-refractivity contribution in [3.05, 3.63) is 29.8 Å². The summed E-state index contributed by atoms with van der Waals surface area (Å²) in [5.74, 6) is 1.02. The van der Waals surface area contributed by atoms with Gasteiger partial charge >= 0.3 is 0 Å². The van der Waals surface area contributed by atoms with E-state index in [1.807, 2.05) is 12.1 Å². The van der Waals surface area contributed by atoms with Crippen molar-refractivity contribution in [1.82, 2.24) is 10.2 Å². The first-order valence-electron chi connectivity index (χ1n) is 6.85. The zero-order valence-electron chi connectivity index (χ0n) is 11.5. The molecule has 1 saturated heterocycles. The van der Waals surface area contributed by atoms with E-state index in [1.54, 1.807) is 7.11 Å². The summed E-state index contributed by atoms with van der Waals surface area (Å²) in [6.45, 7) is 3.55. The third-order valence-corrected chi connectivity index (χ3v) is 3.89. The van der Waals surface area contributed by atoms with Gasteiger partial charge in [-0.15, -0.1) is 0 Å². The van der Waals surface area contributed by atoms with E-state index < -0.39 is 0 Å². The van der Waals surface area contributed by atoms with Crippen LogP contribution in [0.1, 0.15) is 18.4 Å². The Hall–Kier alpha value is -1.06. The van der Waals surface area contributed by atoms with Crippen molar-refractivity contribution in [3.63, 3.8) is 0 Å². The average molecular weight is 248 g/mol. The molecule has 3 heteroatoms. The van der Waals surface area contributed by atoms with Gasteiger partial charge in [-0.2, -0.15) is 0 Å². The van der Waals surface area contributed by atoms with Crippen molar-refractivity contribution in [2.45, 2.75) is 25.3 Å². The predicted octanol–water partition coefficient (Wildman–Crippen LogP) is 1.92. The van der Waals surface area contributed by atoms with E-state index >= 15 is 0 Å². The maximum atomic E-state index is 5.39. The molecular weight excluding hydrogens is 224 g/mol. The number of likely N-dealkylation sites (tertiary alicyclic amines) is 1. The first kappa shape index (κ1) is 13.4. The molecule has 0 saturated carbocycles. The summed E-state index contributed by atoms with van der Waals surface area (Å²) in [6, 6.07) is 9.04. The van der Waals surface area contributed by atoms with Gasteiger partial charge in [-0.3, -0.25) is 0 Å². The Morgan fingerprint density at radius 2 is 2.00 bits per heavy atom. The van der Waals surface area contributed by atoms with E-state index in [9.17, 15) is 0 Å². The number of hydrogen-bond acceptors (Lipinski definition) is 3. The van der Waals surface area contributed by atoms with Gasteiger partial charge in [0.15, 0.2) is 0 Å². The molecule has 0 unspecified atom stereocenters. The number of para-hydroxylation sites is 1. The predicted molar refractivity (Wildman–Crippen MR) is 75.2 cm³/mol. The molecule has 100 valence electrons. The van der Waals surface area contributed by atoms with Crippen LogP contribution in [0, 0.1) is 0 Å². The van der Waals surface area contributed by atoms with Gasteiger partial charge in [0.05, 0.1) is 7.11 Å². The molecule has 1 aliphatic heterocycles. The summed E-state index contributed by atoms with van der Waals surface area (Å²) in [5, 5.41) is 3.37. The SMILES string of the molecule is CNC1CCN(CCc2ccccc2OC)CC1. The number of nitrogens with one attached hydrogen (secondary N) is 1. The number of methoxy groups -OCH3 is 1. The fraction of sp³-hybridized carbons (Fsp3) is 0.600. The van der Waals surface area contributed by atoms with Crippen molar-refractivity contribution < 1.29 is 4.74 Å². The lowest BCUT2D eigenvalue weighted by Gasteiger charge is -2.31. The highest BCUT2D eigenvalue weighted by Gasteiger charge is 2.17. The van der Waals surface area contributed by atoms with Crippen LogP contribution in [0.15, 0.2) is 24.3 Å². The molecule has 3 nitrogen and oxygen atoms in total. The van der Waals surface area contributed by atoms with Crippen molar-refractivity contribution >= 4 is 0 Å². The molecular formula is C15H24N2O. The van der Waals surface area contributed by atoms with Crippen molar-refractivity contribution in [2.24, 2.45) is 0 Å². The molecule has 0 aliphatic carbocycles. The molecule has 0 amide bonds. The highest BCUT2D eigenvalue weighted by atomic mass is 16.5. The van der Waals surface area contributed by atoms with Crippen LogP contribution in [0.3, 0.4) is 0 Å². The van der Waals surface area contributed by atoms with Gasteiger partial charge in [0, 0.05) is 12.6 Å². The number of ether oxygens (including phenoxy) is 1. The van der Waals surface area contributed by atoms with Crippen LogP contribution in [0.4, 0.5) is 0 Å². The summed E-state index contributed by atoms with van der Waals surface area (Å²) in [7, 11) is 3.81. The highest BCUT2D eigenvalue weighted by molar-refractivity contribution is 5.33. The number of nitrogens with zero attached hydrogens (tertiary/aromatic N) is 1. The van der Waals surface area contributed by atoms with Gasteiger partial charge < -0.3 is 15.0 Å². The number of rotatable bonds is 5. The molecule has 0 bridgehead atoms. The highest BCUT2D eigenvalue weighted by Crippen LogP contribution is 2.19. The maximum Gasteiger partial charge on any atom is 0.122 e. The standard InChI is InChI=1S/C15H24N2O/c1-16-14-8-11-17(12-9-14)10-7-13-5-3-4-6-15(13)18-2/h3-6,14,16H,7-12H2,1-2H3. The van der Waals surface area contributed by atoms with Crippen LogP contribution in [-0.2, 0) is 6.42 Å². The van der Waals surface area contributed by atoms with Crippen LogP contribution in [-0.4, -0.2) is 44.7 Å². The molecule has 1 N–H and O–H groups in total. The van der Waals surface area contributed by atoms with Crippen LogP contribution < -0.4 is 10.1 Å². The Kier molecular flexibility index (Phi) is 5.02. The molecule has 0 radical (unpaired) electrons. The maximum absolute atomic E-state index is 5.39. The normalized spacial score (nSPS) is 17.9.